The van der Waals surface area contributed by atoms with Gasteiger partial charge in [-0.3, -0.25) is 9.52 Å². The number of benzene rings is 3. The molecular weight excluding hydrogens is 569 g/mol. The van der Waals surface area contributed by atoms with Crippen molar-refractivity contribution < 1.29 is 21.6 Å². The Bertz CT molecular complexity index is 1570. The summed E-state index contributed by atoms with van der Waals surface area (Å²) in [6.45, 7) is 4.75. The molecule has 1 aliphatic rings. The molecule has 1 heterocycles. The van der Waals surface area contributed by atoms with Crippen LogP contribution in [0.15, 0.2) is 70.5 Å². The van der Waals surface area contributed by atoms with Crippen LogP contribution in [0.4, 0.5) is 11.4 Å². The largest absolute Gasteiger partial charge is 0.322 e. The zero-order valence-corrected chi connectivity index (χ0v) is 23.9. The molecule has 38 heavy (non-hydrogen) atoms. The maximum absolute atomic E-state index is 13.1. The van der Waals surface area contributed by atoms with E-state index >= 15 is 0 Å². The van der Waals surface area contributed by atoms with Gasteiger partial charge in [0.05, 0.1) is 26.1 Å². The van der Waals surface area contributed by atoms with Gasteiger partial charge < -0.3 is 5.32 Å². The molecule has 0 spiro atoms. The Kier molecular flexibility index (Phi) is 8.39. The van der Waals surface area contributed by atoms with Gasteiger partial charge in [0.2, 0.25) is 10.0 Å². The highest BCUT2D eigenvalue weighted by Crippen LogP contribution is 2.28. The minimum atomic E-state index is -3.90. The van der Waals surface area contributed by atoms with Crippen molar-refractivity contribution in [2.24, 2.45) is 5.92 Å². The summed E-state index contributed by atoms with van der Waals surface area (Å²) in [5.41, 5.74) is 1.44. The molecule has 0 atom stereocenters. The topological polar surface area (TPSA) is 113 Å². The molecule has 0 aliphatic carbocycles. The zero-order valence-electron chi connectivity index (χ0n) is 20.7. The second-order valence-electron chi connectivity index (χ2n) is 9.28. The van der Waals surface area contributed by atoms with Crippen molar-refractivity contribution in [3.8, 4) is 0 Å². The molecule has 0 unspecified atom stereocenters. The Morgan fingerprint density at radius 2 is 1.45 bits per heavy atom. The summed E-state index contributed by atoms with van der Waals surface area (Å²) in [6, 6.07) is 14.4. The Labute approximate surface area is 233 Å². The van der Waals surface area contributed by atoms with Crippen molar-refractivity contribution >= 4 is 60.5 Å². The quantitative estimate of drug-likeness (QED) is 0.359. The smallest absolute Gasteiger partial charge is 0.261 e. The third-order valence-corrected chi connectivity index (χ3v) is 10.4. The second-order valence-corrected chi connectivity index (χ2v) is 13.7. The van der Waals surface area contributed by atoms with Gasteiger partial charge in [-0.1, -0.05) is 36.2 Å². The molecule has 1 fully saturated rings. The SMILES string of the molecule is Cc1ccc(NS(=O)(=O)c2ccc(NC(=O)c3cc(S(=O)(=O)N4CCC(C)CC4)ccc3Cl)cc2)cc1Cl. The second kappa shape index (κ2) is 11.2. The highest BCUT2D eigenvalue weighted by Gasteiger charge is 2.29. The zero-order chi connectivity index (χ0) is 27.7. The predicted molar refractivity (Wildman–Crippen MR) is 150 cm³/mol. The van der Waals surface area contributed by atoms with Gasteiger partial charge in [0, 0.05) is 23.8 Å². The van der Waals surface area contributed by atoms with Gasteiger partial charge in [0.1, 0.15) is 0 Å². The molecule has 1 saturated heterocycles. The van der Waals surface area contributed by atoms with Gasteiger partial charge in [-0.2, -0.15) is 4.31 Å². The molecule has 2 N–H and O–H groups in total. The van der Waals surface area contributed by atoms with E-state index in [2.05, 4.69) is 17.0 Å². The van der Waals surface area contributed by atoms with Crippen molar-refractivity contribution in [1.29, 1.82) is 0 Å². The average molecular weight is 597 g/mol. The first-order valence-corrected chi connectivity index (χ1v) is 15.5. The first-order valence-electron chi connectivity index (χ1n) is 11.9. The molecule has 3 aromatic carbocycles. The van der Waals surface area contributed by atoms with Gasteiger partial charge in [0.25, 0.3) is 15.9 Å². The third-order valence-electron chi connectivity index (χ3n) is 6.41. The van der Waals surface area contributed by atoms with Crippen LogP contribution in [0, 0.1) is 12.8 Å². The van der Waals surface area contributed by atoms with Crippen LogP contribution in [0.5, 0.6) is 0 Å². The molecular formula is C26H27Cl2N3O5S2. The van der Waals surface area contributed by atoms with Gasteiger partial charge in [-0.05, 0) is 85.8 Å². The molecule has 12 heteroatoms. The maximum Gasteiger partial charge on any atom is 0.261 e. The monoisotopic (exact) mass is 595 g/mol. The highest BCUT2D eigenvalue weighted by atomic mass is 35.5. The number of aryl methyl sites for hydroxylation is 1. The van der Waals surface area contributed by atoms with Crippen LogP contribution in [-0.2, 0) is 20.0 Å². The van der Waals surface area contributed by atoms with E-state index in [1.54, 1.807) is 12.1 Å². The van der Waals surface area contributed by atoms with E-state index in [9.17, 15) is 21.6 Å². The van der Waals surface area contributed by atoms with Crippen LogP contribution in [0.3, 0.4) is 0 Å². The Balaban J connectivity index is 1.49. The van der Waals surface area contributed by atoms with Crippen LogP contribution in [0.25, 0.3) is 0 Å². The Hall–Kier alpha value is -2.63. The molecule has 0 saturated carbocycles. The molecule has 4 rings (SSSR count). The number of halogens is 2. The van der Waals surface area contributed by atoms with Gasteiger partial charge >= 0.3 is 0 Å². The predicted octanol–water partition coefficient (Wildman–Crippen LogP) is 5.78. The first kappa shape index (κ1) is 28.4. The number of hydrogen-bond donors (Lipinski definition) is 2. The Morgan fingerprint density at radius 1 is 0.842 bits per heavy atom. The summed E-state index contributed by atoms with van der Waals surface area (Å²) < 4.78 is 55.6. The number of sulfonamides is 2. The lowest BCUT2D eigenvalue weighted by atomic mass is 10.0. The number of hydrogen-bond acceptors (Lipinski definition) is 5. The average Bonchev–Trinajstić information content (AvgIpc) is 2.87. The minimum Gasteiger partial charge on any atom is -0.322 e. The van der Waals surface area contributed by atoms with Crippen LogP contribution in [0.2, 0.25) is 10.0 Å². The fraction of sp³-hybridized carbons (Fsp3) is 0.269. The molecule has 1 aliphatic heterocycles. The van der Waals surface area contributed by atoms with E-state index in [1.165, 1.54) is 52.8 Å². The van der Waals surface area contributed by atoms with Crippen LogP contribution in [0.1, 0.15) is 35.7 Å². The van der Waals surface area contributed by atoms with E-state index in [1.807, 2.05) is 6.92 Å². The van der Waals surface area contributed by atoms with E-state index in [0.29, 0.717) is 35.4 Å². The van der Waals surface area contributed by atoms with Gasteiger partial charge in [0.15, 0.2) is 0 Å². The number of nitrogens with zero attached hydrogens (tertiary/aromatic N) is 1. The molecule has 8 nitrogen and oxygen atoms in total. The van der Waals surface area contributed by atoms with E-state index in [4.69, 9.17) is 23.2 Å². The lowest BCUT2D eigenvalue weighted by molar-refractivity contribution is 0.102. The van der Waals surface area contributed by atoms with Gasteiger partial charge in [-0.15, -0.1) is 0 Å². The van der Waals surface area contributed by atoms with E-state index < -0.39 is 26.0 Å². The van der Waals surface area contributed by atoms with Crippen molar-refractivity contribution in [3.63, 3.8) is 0 Å². The van der Waals surface area contributed by atoms with E-state index in [-0.39, 0.29) is 20.4 Å². The van der Waals surface area contributed by atoms with Crippen molar-refractivity contribution in [2.45, 2.75) is 36.5 Å². The van der Waals surface area contributed by atoms with Gasteiger partial charge in [-0.25, -0.2) is 16.8 Å². The minimum absolute atomic E-state index is 0.00673. The van der Waals surface area contributed by atoms with Crippen LogP contribution >= 0.6 is 23.2 Å². The van der Waals surface area contributed by atoms with Crippen molar-refractivity contribution in [2.75, 3.05) is 23.1 Å². The maximum atomic E-state index is 13.1. The molecule has 3 aromatic rings. The van der Waals surface area contributed by atoms with Crippen LogP contribution < -0.4 is 10.0 Å². The molecule has 202 valence electrons. The fourth-order valence-electron chi connectivity index (χ4n) is 4.00. The number of amides is 1. The molecule has 0 bridgehead atoms. The lowest BCUT2D eigenvalue weighted by Gasteiger charge is -2.29. The number of anilines is 2. The summed E-state index contributed by atoms with van der Waals surface area (Å²) in [4.78, 5) is 12.9. The van der Waals surface area contributed by atoms with E-state index in [0.717, 1.165) is 18.4 Å². The summed E-state index contributed by atoms with van der Waals surface area (Å²) in [7, 11) is -7.67. The number of rotatable bonds is 7. The molecule has 0 aromatic heterocycles. The fourth-order valence-corrected chi connectivity index (χ4v) is 6.93. The normalized spacial score (nSPS) is 15.3. The first-order chi connectivity index (χ1) is 17.9. The standard InChI is InChI=1S/C26H27Cl2N3O5S2/c1-17-11-13-31(14-12-17)38(35,36)22-9-10-24(27)23(16-22)26(32)29-19-5-7-21(8-6-19)37(33,34)30-20-4-3-18(2)25(28)15-20/h3-10,15-17,30H,11-14H2,1-2H3,(H,29,32). The molecule has 0 radical (unpaired) electrons. The molecule has 1 amide bonds. The summed E-state index contributed by atoms with van der Waals surface area (Å²) in [6.07, 6.45) is 1.56. The number of nitrogens with one attached hydrogen (secondary N) is 2. The van der Waals surface area contributed by atoms with Crippen molar-refractivity contribution in [1.82, 2.24) is 4.31 Å². The number of carbonyl (C=O) groups is 1. The summed E-state index contributed by atoms with van der Waals surface area (Å²) in [5, 5.41) is 3.17. The summed E-state index contributed by atoms with van der Waals surface area (Å²) in [5.74, 6) is -0.159. The van der Waals surface area contributed by atoms with Crippen molar-refractivity contribution in [3.05, 3.63) is 81.8 Å². The lowest BCUT2D eigenvalue weighted by Crippen LogP contribution is -2.37. The Morgan fingerprint density at radius 3 is 2.08 bits per heavy atom. The van der Waals surface area contributed by atoms with Crippen LogP contribution in [-0.4, -0.2) is 40.1 Å². The number of carbonyl (C=O) groups excluding carboxylic acids is 1. The highest BCUT2D eigenvalue weighted by molar-refractivity contribution is 7.92. The third kappa shape index (κ3) is 6.32. The number of piperidine rings is 1. The summed E-state index contributed by atoms with van der Waals surface area (Å²) >= 11 is 12.3.